The Kier molecular flexibility index (Phi) is 4.96. The number of hydrogen-bond donors (Lipinski definition) is 1. The summed E-state index contributed by atoms with van der Waals surface area (Å²) in [4.78, 5) is 21.4. The van der Waals surface area contributed by atoms with Gasteiger partial charge in [0.05, 0.1) is 5.56 Å². The second kappa shape index (κ2) is 6.24. The normalized spacial score (nSPS) is 10.0. The number of aromatic carboxylic acids is 1. The lowest BCUT2D eigenvalue weighted by molar-refractivity contribution is -0.140. The van der Waals surface area contributed by atoms with Gasteiger partial charge in [0.2, 0.25) is 0 Å². The lowest BCUT2D eigenvalue weighted by Crippen LogP contribution is -2.03. The summed E-state index contributed by atoms with van der Waals surface area (Å²) >= 11 is 1.16. The first kappa shape index (κ1) is 13.5. The van der Waals surface area contributed by atoms with Crippen LogP contribution >= 0.6 is 11.8 Å². The molecule has 0 unspecified atom stereocenters. The average Bonchev–Trinajstić information content (AvgIpc) is 2.25. The van der Waals surface area contributed by atoms with E-state index in [1.807, 2.05) is 0 Å². The number of carboxylic acid groups (broad SMARTS) is 1. The molecule has 0 aromatic heterocycles. The van der Waals surface area contributed by atoms with Crippen LogP contribution in [0.25, 0.3) is 0 Å². The molecule has 0 heterocycles. The van der Waals surface area contributed by atoms with Crippen molar-refractivity contribution < 1.29 is 23.8 Å². The van der Waals surface area contributed by atoms with Gasteiger partial charge >= 0.3 is 11.9 Å². The van der Waals surface area contributed by atoms with Crippen molar-refractivity contribution in [1.29, 1.82) is 0 Å². The first-order chi connectivity index (χ1) is 8.00. The van der Waals surface area contributed by atoms with Crippen LogP contribution in [0.3, 0.4) is 0 Å². The van der Waals surface area contributed by atoms with Crippen molar-refractivity contribution in [3.05, 3.63) is 29.6 Å². The highest BCUT2D eigenvalue weighted by molar-refractivity contribution is 7.99. The Bertz CT molecular complexity index is 433. The molecule has 0 saturated heterocycles. The zero-order valence-corrected chi connectivity index (χ0v) is 9.92. The molecule has 0 amide bonds. The van der Waals surface area contributed by atoms with Gasteiger partial charge in [0.1, 0.15) is 12.4 Å². The molecule has 0 fully saturated rings. The van der Waals surface area contributed by atoms with Crippen molar-refractivity contribution in [2.45, 2.75) is 11.8 Å². The van der Waals surface area contributed by atoms with Gasteiger partial charge in [0, 0.05) is 17.6 Å². The molecule has 6 heteroatoms. The molecular formula is C11H11FO4S. The number of carboxylic acids is 1. The van der Waals surface area contributed by atoms with Crippen molar-refractivity contribution in [3.63, 3.8) is 0 Å². The molecule has 17 heavy (non-hydrogen) atoms. The third kappa shape index (κ3) is 4.44. The topological polar surface area (TPSA) is 63.6 Å². The molecule has 0 bridgehead atoms. The highest BCUT2D eigenvalue weighted by Crippen LogP contribution is 2.22. The molecule has 0 aliphatic heterocycles. The van der Waals surface area contributed by atoms with Gasteiger partial charge in [-0.25, -0.2) is 9.18 Å². The molecule has 1 rings (SSSR count). The molecule has 4 nitrogen and oxygen atoms in total. The fourth-order valence-corrected chi connectivity index (χ4v) is 1.84. The predicted octanol–water partition coefficient (Wildman–Crippen LogP) is 2.18. The van der Waals surface area contributed by atoms with Gasteiger partial charge in [0.15, 0.2) is 0 Å². The number of carbonyl (C=O) groups excluding carboxylic acids is 1. The summed E-state index contributed by atoms with van der Waals surface area (Å²) in [5, 5.41) is 8.64. The van der Waals surface area contributed by atoms with Gasteiger partial charge < -0.3 is 9.84 Å². The smallest absolute Gasteiger partial charge is 0.335 e. The SMILES string of the molecule is CC(=O)OCCSc1ccc(C(=O)O)cc1F. The van der Waals surface area contributed by atoms with Crippen molar-refractivity contribution in [1.82, 2.24) is 0 Å². The third-order valence-corrected chi connectivity index (χ3v) is 2.84. The quantitative estimate of drug-likeness (QED) is 0.498. The third-order valence-electron chi connectivity index (χ3n) is 1.83. The highest BCUT2D eigenvalue weighted by Gasteiger charge is 2.08. The van der Waals surface area contributed by atoms with Crippen LogP contribution in [0.1, 0.15) is 17.3 Å². The molecular weight excluding hydrogens is 247 g/mol. The van der Waals surface area contributed by atoms with Crippen molar-refractivity contribution in [3.8, 4) is 0 Å². The minimum absolute atomic E-state index is 0.0909. The summed E-state index contributed by atoms with van der Waals surface area (Å²) in [5.41, 5.74) is -0.0909. The number of esters is 1. The van der Waals surface area contributed by atoms with Gasteiger partial charge in [-0.05, 0) is 18.2 Å². The molecule has 0 aliphatic carbocycles. The van der Waals surface area contributed by atoms with Gasteiger partial charge in [-0.15, -0.1) is 11.8 Å². The zero-order chi connectivity index (χ0) is 12.8. The van der Waals surface area contributed by atoms with E-state index in [1.54, 1.807) is 0 Å². The van der Waals surface area contributed by atoms with E-state index in [0.717, 1.165) is 17.8 Å². The van der Waals surface area contributed by atoms with Crippen LogP contribution in [0.4, 0.5) is 4.39 Å². The lowest BCUT2D eigenvalue weighted by atomic mass is 10.2. The van der Waals surface area contributed by atoms with Gasteiger partial charge in [-0.1, -0.05) is 0 Å². The summed E-state index contributed by atoms with van der Waals surface area (Å²) < 4.78 is 18.1. The van der Waals surface area contributed by atoms with E-state index in [9.17, 15) is 14.0 Å². The average molecular weight is 258 g/mol. The van der Waals surface area contributed by atoms with E-state index in [2.05, 4.69) is 4.74 Å². The summed E-state index contributed by atoms with van der Waals surface area (Å²) in [6.45, 7) is 1.49. The van der Waals surface area contributed by atoms with Crippen LogP contribution in [0.2, 0.25) is 0 Å². The van der Waals surface area contributed by atoms with Crippen LogP contribution in [0.5, 0.6) is 0 Å². The van der Waals surface area contributed by atoms with E-state index in [-0.39, 0.29) is 18.1 Å². The van der Waals surface area contributed by atoms with E-state index < -0.39 is 11.8 Å². The molecule has 0 radical (unpaired) electrons. The molecule has 0 saturated carbocycles. The Hall–Kier alpha value is -1.56. The van der Waals surface area contributed by atoms with E-state index in [1.165, 1.54) is 19.1 Å². The molecule has 0 spiro atoms. The van der Waals surface area contributed by atoms with Crippen LogP contribution in [0.15, 0.2) is 23.1 Å². The second-order valence-corrected chi connectivity index (χ2v) is 4.28. The Morgan fingerprint density at radius 2 is 2.18 bits per heavy atom. The summed E-state index contributed by atoms with van der Waals surface area (Å²) in [5.74, 6) is -1.71. The fourth-order valence-electron chi connectivity index (χ4n) is 1.09. The van der Waals surface area contributed by atoms with Crippen molar-refractivity contribution >= 4 is 23.7 Å². The zero-order valence-electron chi connectivity index (χ0n) is 9.10. The molecule has 1 N–H and O–H groups in total. The molecule has 1 aromatic rings. The van der Waals surface area contributed by atoms with E-state index >= 15 is 0 Å². The largest absolute Gasteiger partial charge is 0.478 e. The van der Waals surface area contributed by atoms with Crippen LogP contribution < -0.4 is 0 Å². The second-order valence-electron chi connectivity index (χ2n) is 3.14. The summed E-state index contributed by atoms with van der Waals surface area (Å²) in [6, 6.07) is 3.70. The highest BCUT2D eigenvalue weighted by atomic mass is 32.2. The molecule has 92 valence electrons. The minimum Gasteiger partial charge on any atom is -0.478 e. The molecule has 0 aliphatic rings. The first-order valence-corrected chi connectivity index (χ1v) is 5.78. The molecule has 0 atom stereocenters. The summed E-state index contributed by atoms with van der Waals surface area (Å²) in [7, 11) is 0. The Balaban J connectivity index is 2.54. The van der Waals surface area contributed by atoms with Crippen LogP contribution in [-0.4, -0.2) is 29.4 Å². The Morgan fingerprint density at radius 1 is 1.47 bits per heavy atom. The van der Waals surface area contributed by atoms with Crippen molar-refractivity contribution in [2.75, 3.05) is 12.4 Å². The van der Waals surface area contributed by atoms with E-state index in [4.69, 9.17) is 5.11 Å². The number of halogens is 1. The number of rotatable bonds is 5. The maximum Gasteiger partial charge on any atom is 0.335 e. The number of hydrogen-bond acceptors (Lipinski definition) is 4. The maximum atomic E-state index is 13.4. The molecule has 1 aromatic carbocycles. The Labute approximate surface area is 102 Å². The standard InChI is InChI=1S/C11H11FO4S/c1-7(13)16-4-5-17-10-3-2-8(11(14)15)6-9(10)12/h2-3,6H,4-5H2,1H3,(H,14,15). The summed E-state index contributed by atoms with van der Waals surface area (Å²) in [6.07, 6.45) is 0. The maximum absolute atomic E-state index is 13.4. The van der Waals surface area contributed by atoms with E-state index in [0.29, 0.717) is 10.6 Å². The minimum atomic E-state index is -1.17. The monoisotopic (exact) mass is 258 g/mol. The van der Waals surface area contributed by atoms with Gasteiger partial charge in [0.25, 0.3) is 0 Å². The fraction of sp³-hybridized carbons (Fsp3) is 0.273. The van der Waals surface area contributed by atoms with Crippen molar-refractivity contribution in [2.24, 2.45) is 0 Å². The van der Waals surface area contributed by atoms with Crippen LogP contribution in [-0.2, 0) is 9.53 Å². The van der Waals surface area contributed by atoms with Gasteiger partial charge in [-0.2, -0.15) is 0 Å². The predicted molar refractivity (Wildman–Crippen MR) is 60.7 cm³/mol. The number of ether oxygens (including phenoxy) is 1. The number of carbonyl (C=O) groups is 2. The Morgan fingerprint density at radius 3 is 2.71 bits per heavy atom. The van der Waals surface area contributed by atoms with Crippen LogP contribution in [0, 0.1) is 5.82 Å². The first-order valence-electron chi connectivity index (χ1n) is 4.79. The number of thioether (sulfide) groups is 1. The lowest BCUT2D eigenvalue weighted by Gasteiger charge is -2.04. The van der Waals surface area contributed by atoms with Gasteiger partial charge in [-0.3, -0.25) is 4.79 Å². The number of benzene rings is 1.